The molecule has 10 rings (SSSR count). The highest BCUT2D eigenvalue weighted by Gasteiger charge is 2.46. The highest BCUT2D eigenvalue weighted by Crippen LogP contribution is 2.44. The Morgan fingerprint density at radius 2 is 1.30 bits per heavy atom. The van der Waals surface area contributed by atoms with Gasteiger partial charge in [-0.1, -0.05) is 60.7 Å². The van der Waals surface area contributed by atoms with Crippen LogP contribution < -0.4 is 20.4 Å². The van der Waals surface area contributed by atoms with Crippen molar-refractivity contribution >= 4 is 45.0 Å². The first-order valence-electron chi connectivity index (χ1n) is 15.7. The molecule has 2 unspecified atom stereocenters. The van der Waals surface area contributed by atoms with Gasteiger partial charge >= 0.3 is 0 Å². The Kier molecular flexibility index (Phi) is 5.43. The average Bonchev–Trinajstić information content (AvgIpc) is 3.46. The molecule has 7 aromatic rings. The third-order valence-corrected chi connectivity index (χ3v) is 9.70. The van der Waals surface area contributed by atoms with Crippen LogP contribution in [0.25, 0.3) is 44.2 Å². The summed E-state index contributed by atoms with van der Waals surface area (Å²) in [6, 6.07) is 36.4. The van der Waals surface area contributed by atoms with Gasteiger partial charge in [-0.25, -0.2) is 0 Å². The van der Waals surface area contributed by atoms with Crippen LogP contribution in [-0.2, 0) is 0 Å². The lowest BCUT2D eigenvalue weighted by molar-refractivity contribution is 0.246. The number of hydrogen-bond donors (Lipinski definition) is 0. The number of aromatic nitrogens is 3. The second-order valence-electron chi connectivity index (χ2n) is 12.2. The van der Waals surface area contributed by atoms with Gasteiger partial charge in [0.2, 0.25) is 6.71 Å². The van der Waals surface area contributed by atoms with Gasteiger partial charge in [0, 0.05) is 59.0 Å². The minimum Gasteiger partial charge on any atom is -0.487 e. The molecule has 0 amide bonds. The zero-order chi connectivity index (χ0) is 30.2. The molecule has 0 radical (unpaired) electrons. The van der Waals surface area contributed by atoms with Gasteiger partial charge in [0.05, 0.1) is 16.7 Å². The third-order valence-electron chi connectivity index (χ3n) is 9.70. The van der Waals surface area contributed by atoms with Crippen LogP contribution in [0, 0.1) is 0 Å². The van der Waals surface area contributed by atoms with E-state index in [9.17, 15) is 0 Å². The number of ether oxygens (including phenoxy) is 2. The van der Waals surface area contributed by atoms with E-state index in [1.165, 1.54) is 16.2 Å². The molecule has 0 saturated heterocycles. The molecule has 0 bridgehead atoms. The number of pyridine rings is 2. The Hall–Kier alpha value is -5.88. The summed E-state index contributed by atoms with van der Waals surface area (Å²) in [5.41, 5.74) is 10.1. The molecule has 0 fully saturated rings. The lowest BCUT2D eigenvalue weighted by atomic mass is 9.30. The maximum atomic E-state index is 6.96. The van der Waals surface area contributed by atoms with Gasteiger partial charge in [-0.2, -0.15) is 0 Å². The number of para-hydroxylation sites is 2. The van der Waals surface area contributed by atoms with E-state index in [2.05, 4.69) is 124 Å². The average molecular weight is 591 g/mol. The van der Waals surface area contributed by atoms with Gasteiger partial charge < -0.3 is 14.0 Å². The van der Waals surface area contributed by atoms with Crippen molar-refractivity contribution in [2.24, 2.45) is 0 Å². The highest BCUT2D eigenvalue weighted by molar-refractivity contribution is 6.89. The quantitative estimate of drug-likeness (QED) is 0.197. The van der Waals surface area contributed by atoms with Gasteiger partial charge in [0.15, 0.2) is 0 Å². The molecule has 4 aromatic carbocycles. The predicted molar refractivity (Wildman–Crippen MR) is 185 cm³/mol. The normalized spacial score (nSPS) is 17.5. The monoisotopic (exact) mass is 591 g/mol. The minimum atomic E-state index is -0.141. The minimum absolute atomic E-state index is 0.0812. The third kappa shape index (κ3) is 3.77. The largest absolute Gasteiger partial charge is 0.487 e. The first-order chi connectivity index (χ1) is 22.8. The van der Waals surface area contributed by atoms with E-state index in [4.69, 9.17) is 9.47 Å². The molecule has 6 heteroatoms. The van der Waals surface area contributed by atoms with Gasteiger partial charge in [0.1, 0.15) is 23.4 Å². The first-order valence-corrected chi connectivity index (χ1v) is 15.7. The van der Waals surface area contributed by atoms with Crippen molar-refractivity contribution in [2.45, 2.75) is 11.9 Å². The molecule has 46 heavy (non-hydrogen) atoms. The van der Waals surface area contributed by atoms with Crippen molar-refractivity contribution in [1.82, 2.24) is 14.5 Å². The molecule has 3 aromatic heterocycles. The van der Waals surface area contributed by atoms with Crippen LogP contribution in [0.2, 0.25) is 5.82 Å². The van der Waals surface area contributed by atoms with Gasteiger partial charge in [-0.05, 0) is 76.3 Å². The predicted octanol–water partition coefficient (Wildman–Crippen LogP) is 7.74. The second-order valence-corrected chi connectivity index (χ2v) is 12.2. The molecule has 2 atom stereocenters. The molecule has 3 aliphatic rings. The molecule has 0 spiro atoms. The number of hydrogen-bond acceptors (Lipinski definition) is 4. The van der Waals surface area contributed by atoms with E-state index in [1.807, 2.05) is 36.9 Å². The summed E-state index contributed by atoms with van der Waals surface area (Å²) in [6.45, 7) is 0.0812. The van der Waals surface area contributed by atoms with Crippen LogP contribution in [0.15, 0.2) is 146 Å². The molecule has 5 heterocycles. The number of allylic oxidation sites excluding steroid dienone is 2. The maximum Gasteiger partial charge on any atom is 0.234 e. The van der Waals surface area contributed by atoms with Crippen LogP contribution in [0.4, 0.5) is 0 Å². The number of fused-ring (bicyclic) bond motifs is 7. The van der Waals surface area contributed by atoms with Crippen molar-refractivity contribution in [3.63, 3.8) is 0 Å². The van der Waals surface area contributed by atoms with E-state index in [0.29, 0.717) is 0 Å². The van der Waals surface area contributed by atoms with Crippen LogP contribution in [-0.4, -0.2) is 27.4 Å². The smallest absolute Gasteiger partial charge is 0.234 e. The zero-order valence-electron chi connectivity index (χ0n) is 24.7. The lowest BCUT2D eigenvalue weighted by Crippen LogP contribution is -2.56. The van der Waals surface area contributed by atoms with E-state index in [0.717, 1.165) is 61.7 Å². The summed E-state index contributed by atoms with van der Waals surface area (Å²) in [7, 11) is 0. The van der Waals surface area contributed by atoms with E-state index < -0.39 is 0 Å². The van der Waals surface area contributed by atoms with E-state index in [-0.39, 0.29) is 18.6 Å². The summed E-state index contributed by atoms with van der Waals surface area (Å²) in [5.74, 6) is 2.71. The Bertz CT molecular complexity index is 2340. The van der Waals surface area contributed by atoms with Crippen molar-refractivity contribution in [2.75, 3.05) is 0 Å². The van der Waals surface area contributed by atoms with Crippen molar-refractivity contribution in [3.05, 3.63) is 152 Å². The van der Waals surface area contributed by atoms with Gasteiger partial charge in [-0.3, -0.25) is 9.97 Å². The standard InChI is InChI=1S/C40H26BN3O2/c1-3-7-34-30(5-1)31-6-2-4-8-35(31)44(34)29-23-38-40-39(24-29)46-37-22-28(26-15-19-43-20-16-26)10-12-33(37)41(40)32-11-9-27(21-36(32)45-38)25-13-17-42-18-14-25/h1-24,32,36H. The fourth-order valence-corrected chi connectivity index (χ4v) is 7.65. The fourth-order valence-electron chi connectivity index (χ4n) is 7.65. The summed E-state index contributed by atoms with van der Waals surface area (Å²) in [5, 5.41) is 2.44. The maximum absolute atomic E-state index is 6.96. The van der Waals surface area contributed by atoms with Crippen molar-refractivity contribution in [1.29, 1.82) is 0 Å². The summed E-state index contributed by atoms with van der Waals surface area (Å²) >= 11 is 0. The summed E-state index contributed by atoms with van der Waals surface area (Å²) < 4.78 is 16.2. The van der Waals surface area contributed by atoms with Crippen LogP contribution in [0.5, 0.6) is 17.2 Å². The molecule has 0 N–H and O–H groups in total. The van der Waals surface area contributed by atoms with Crippen LogP contribution in [0.3, 0.4) is 0 Å². The Morgan fingerprint density at radius 1 is 0.630 bits per heavy atom. The second kappa shape index (κ2) is 9.81. The molecule has 216 valence electrons. The highest BCUT2D eigenvalue weighted by atomic mass is 16.5. The SMILES string of the molecule is C1=CC2B3c4ccc(-c5ccncc5)cc4Oc4cc(-n5c6ccccc6c6ccccc65)cc(c43)OC2C=C1c1ccncc1. The number of nitrogens with zero attached hydrogens (tertiary/aromatic N) is 3. The Morgan fingerprint density at radius 3 is 2.04 bits per heavy atom. The van der Waals surface area contributed by atoms with Crippen molar-refractivity contribution in [3.8, 4) is 34.1 Å². The lowest BCUT2D eigenvalue weighted by Gasteiger charge is -2.41. The van der Waals surface area contributed by atoms with Crippen LogP contribution in [0.1, 0.15) is 5.56 Å². The molecule has 2 aliphatic heterocycles. The zero-order valence-corrected chi connectivity index (χ0v) is 24.7. The molecule has 5 nitrogen and oxygen atoms in total. The molecular weight excluding hydrogens is 565 g/mol. The summed E-state index contributed by atoms with van der Waals surface area (Å²) in [6.07, 6.45) is 14.0. The number of rotatable bonds is 3. The fraction of sp³-hybridized carbons (Fsp3) is 0.0500. The molecule has 0 saturated carbocycles. The summed E-state index contributed by atoms with van der Waals surface area (Å²) in [4.78, 5) is 8.44. The van der Waals surface area contributed by atoms with E-state index >= 15 is 0 Å². The van der Waals surface area contributed by atoms with Gasteiger partial charge in [0.25, 0.3) is 0 Å². The number of benzene rings is 4. The molecular formula is C40H26BN3O2. The first kappa shape index (κ1) is 25.5. The van der Waals surface area contributed by atoms with Crippen molar-refractivity contribution < 1.29 is 9.47 Å². The van der Waals surface area contributed by atoms with Gasteiger partial charge in [-0.15, -0.1) is 0 Å². The topological polar surface area (TPSA) is 49.2 Å². The molecule has 1 aliphatic carbocycles. The van der Waals surface area contributed by atoms with Crippen LogP contribution >= 0.6 is 0 Å². The van der Waals surface area contributed by atoms with E-state index in [1.54, 1.807) is 0 Å². The Balaban J connectivity index is 1.19. The Labute approximate surface area is 266 Å².